The number of amides is 1. The quantitative estimate of drug-likeness (QED) is 0.0342. The fourth-order valence-electron chi connectivity index (χ4n) is 7.66. The molecule has 4 aromatic carbocycles. The van der Waals surface area contributed by atoms with Crippen LogP contribution in [0.3, 0.4) is 0 Å². The Hall–Kier alpha value is -5.30. The summed E-state index contributed by atoms with van der Waals surface area (Å²) < 4.78 is 135. The molecule has 0 heterocycles. The first-order chi connectivity index (χ1) is 30.1. The number of nitrogens with two attached hydrogens (primary N) is 1. The van der Waals surface area contributed by atoms with Crippen LogP contribution in [-0.4, -0.2) is 46.8 Å². The number of methoxy groups -OCH3 is 1. The van der Waals surface area contributed by atoms with Gasteiger partial charge in [-0.25, -0.2) is 0 Å². The van der Waals surface area contributed by atoms with E-state index < -0.39 is 36.7 Å². The molecule has 0 saturated carbocycles. The van der Waals surface area contributed by atoms with Gasteiger partial charge >= 0.3 is 37.2 Å². The number of nitrogens with one attached hydrogen (secondary N) is 1. The van der Waals surface area contributed by atoms with Crippen molar-refractivity contribution in [3.8, 4) is 11.5 Å². The zero-order valence-electron chi connectivity index (χ0n) is 37.7. The molecule has 0 aromatic heterocycles. The lowest BCUT2D eigenvalue weighted by Crippen LogP contribution is -2.29. The van der Waals surface area contributed by atoms with Gasteiger partial charge in [-0.2, -0.15) is 43.2 Å². The first-order valence-electron chi connectivity index (χ1n) is 20.7. The number of rotatable bonds is 17. The number of hydrogen-bond acceptors (Lipinski definition) is 10. The Bertz CT molecular complexity index is 2550. The van der Waals surface area contributed by atoms with E-state index in [1.165, 1.54) is 33.1 Å². The number of aryl methyl sites for hydroxylation is 4. The molecule has 3 N–H and O–H groups in total. The highest BCUT2D eigenvalue weighted by molar-refractivity contribution is 7.88. The van der Waals surface area contributed by atoms with Crippen LogP contribution >= 0.6 is 0 Å². The lowest BCUT2D eigenvalue weighted by Gasteiger charge is -2.34. The van der Waals surface area contributed by atoms with Crippen LogP contribution in [0, 0.1) is 27.7 Å². The van der Waals surface area contributed by atoms with Crippen LogP contribution in [0.1, 0.15) is 117 Å². The van der Waals surface area contributed by atoms with Crippen LogP contribution < -0.4 is 19.4 Å². The molecule has 0 atom stereocenters. The molecule has 0 bridgehead atoms. The zero-order valence-corrected chi connectivity index (χ0v) is 39.3. The molecule has 0 spiro atoms. The fraction of sp³-hybridized carbons (Fsp3) is 0.435. The van der Waals surface area contributed by atoms with E-state index in [0.29, 0.717) is 36.2 Å². The van der Waals surface area contributed by atoms with E-state index >= 15 is 0 Å². The number of esters is 1. The summed E-state index contributed by atoms with van der Waals surface area (Å²) in [5, 5.41) is 2.85. The molecule has 1 amide bonds. The van der Waals surface area contributed by atoms with Crippen molar-refractivity contribution in [2.24, 2.45) is 0 Å². The number of hydrogen-bond donors (Lipinski definition) is 2. The smallest absolute Gasteiger partial charge is 0.469 e. The van der Waals surface area contributed by atoms with E-state index in [0.717, 1.165) is 46.2 Å². The third kappa shape index (κ3) is 12.5. The number of benzene rings is 4. The van der Waals surface area contributed by atoms with E-state index in [4.69, 9.17) is 5.73 Å². The minimum absolute atomic E-state index is 0.155. The van der Waals surface area contributed by atoms with Crippen molar-refractivity contribution in [3.63, 3.8) is 0 Å². The summed E-state index contributed by atoms with van der Waals surface area (Å²) in [6.45, 7) is 14.8. The zero-order chi connectivity index (χ0) is 49.3. The van der Waals surface area contributed by atoms with E-state index in [1.807, 2.05) is 71.9 Å². The molecule has 4 aromatic rings. The molecule has 0 aliphatic carbocycles. The number of alkyl halides is 6. The number of anilines is 2. The minimum Gasteiger partial charge on any atom is -0.469 e. The molecule has 65 heavy (non-hydrogen) atoms. The van der Waals surface area contributed by atoms with Crippen molar-refractivity contribution < 1.29 is 65.9 Å². The van der Waals surface area contributed by atoms with Gasteiger partial charge in [0.1, 0.15) is 11.5 Å². The van der Waals surface area contributed by atoms with Gasteiger partial charge in [0.15, 0.2) is 0 Å². The Morgan fingerprint density at radius 1 is 0.569 bits per heavy atom. The number of halogens is 6. The van der Waals surface area contributed by atoms with Crippen LogP contribution in [0.2, 0.25) is 0 Å². The molecule has 0 unspecified atom stereocenters. The first-order valence-corrected chi connectivity index (χ1v) is 23.5. The topological polar surface area (TPSA) is 168 Å². The predicted octanol–water partition coefficient (Wildman–Crippen LogP) is 11.1. The van der Waals surface area contributed by atoms with Crippen molar-refractivity contribution in [3.05, 3.63) is 117 Å². The first kappa shape index (κ1) is 54.0. The maximum Gasteiger partial charge on any atom is 0.534 e. The SMILES string of the molecule is CCC(CC)(c1ccc(N)c(C)c1)c1ccc(OS(=O)(=O)C(F)(F)F)c(C)c1.CCC(CC)(c1ccc(NC(=O)CCCC(=O)OC)c(C)c1)c1ccc(OS(=O)(=O)C(F)(F)F)c(C)c1. The number of carbonyl (C=O) groups is 2. The Morgan fingerprint density at radius 2 is 0.938 bits per heavy atom. The van der Waals surface area contributed by atoms with Crippen LogP contribution in [0.4, 0.5) is 37.7 Å². The standard InChI is InChI=1S/C26H32F3NO6S.C20H24F3NO3S/c1-6-25(7-2,20-12-14-22(18(4)16-20)36-37(33,34)26(27,28)29)19-11-13-21(17(3)15-19)30-23(31)9-8-10-24(32)35-5;1-5-19(6-2,15-7-9-17(24)13(3)11-15)16-8-10-18(14(4)12-16)27-28(25,26)20(21,22)23/h11-16H,6-10H2,1-5H3,(H,30,31);7-12H,5-6,24H2,1-4H3. The van der Waals surface area contributed by atoms with Gasteiger partial charge in [-0.15, -0.1) is 0 Å². The Labute approximate surface area is 377 Å². The van der Waals surface area contributed by atoms with Crippen molar-refractivity contribution in [2.45, 2.75) is 122 Å². The average Bonchev–Trinajstić information content (AvgIpc) is 3.22. The maximum atomic E-state index is 12.7. The van der Waals surface area contributed by atoms with Gasteiger partial charge in [-0.3, -0.25) is 9.59 Å². The van der Waals surface area contributed by atoms with Crippen LogP contribution in [0.15, 0.2) is 72.8 Å². The highest BCUT2D eigenvalue weighted by atomic mass is 32.2. The van der Waals surface area contributed by atoms with Crippen LogP contribution in [-0.2, 0) is 45.4 Å². The van der Waals surface area contributed by atoms with Gasteiger partial charge in [-0.05, 0) is 129 Å². The highest BCUT2D eigenvalue weighted by Crippen LogP contribution is 2.43. The third-order valence-corrected chi connectivity index (χ3v) is 13.7. The highest BCUT2D eigenvalue weighted by Gasteiger charge is 2.49. The van der Waals surface area contributed by atoms with E-state index in [9.17, 15) is 52.8 Å². The molecule has 358 valence electrons. The Balaban J connectivity index is 0.000000359. The summed E-state index contributed by atoms with van der Waals surface area (Å²) in [4.78, 5) is 23.5. The Kier molecular flexibility index (Phi) is 17.7. The summed E-state index contributed by atoms with van der Waals surface area (Å²) in [5.74, 6) is -1.32. The Morgan fingerprint density at radius 3 is 1.28 bits per heavy atom. The molecule has 0 aliphatic heterocycles. The maximum absolute atomic E-state index is 12.7. The average molecular weight is 959 g/mol. The second kappa shape index (κ2) is 21.3. The lowest BCUT2D eigenvalue weighted by atomic mass is 9.70. The summed E-state index contributed by atoms with van der Waals surface area (Å²) in [6.07, 6.45) is 3.49. The van der Waals surface area contributed by atoms with E-state index in [1.54, 1.807) is 30.3 Å². The van der Waals surface area contributed by atoms with Crippen molar-refractivity contribution in [2.75, 3.05) is 18.2 Å². The summed E-state index contributed by atoms with van der Waals surface area (Å²) in [5.41, 5.74) is 1.31. The molecule has 19 heteroatoms. The number of carbonyl (C=O) groups excluding carboxylic acids is 2. The predicted molar refractivity (Wildman–Crippen MR) is 238 cm³/mol. The second-order valence-electron chi connectivity index (χ2n) is 15.6. The van der Waals surface area contributed by atoms with Gasteiger partial charge in [0.25, 0.3) is 0 Å². The second-order valence-corrected chi connectivity index (χ2v) is 18.7. The van der Waals surface area contributed by atoms with E-state index in [2.05, 4.69) is 18.4 Å². The van der Waals surface area contributed by atoms with Gasteiger partial charge in [0.2, 0.25) is 5.91 Å². The molecule has 0 saturated heterocycles. The summed E-state index contributed by atoms with van der Waals surface area (Å²) >= 11 is 0. The van der Waals surface area contributed by atoms with Crippen molar-refractivity contribution in [1.29, 1.82) is 0 Å². The van der Waals surface area contributed by atoms with Gasteiger partial charge in [0.05, 0.1) is 7.11 Å². The van der Waals surface area contributed by atoms with Crippen LogP contribution in [0.25, 0.3) is 0 Å². The van der Waals surface area contributed by atoms with Gasteiger partial charge in [0, 0.05) is 35.0 Å². The number of ether oxygens (including phenoxy) is 1. The normalized spacial score (nSPS) is 12.5. The van der Waals surface area contributed by atoms with Crippen molar-refractivity contribution in [1.82, 2.24) is 0 Å². The van der Waals surface area contributed by atoms with Crippen molar-refractivity contribution >= 4 is 43.5 Å². The lowest BCUT2D eigenvalue weighted by molar-refractivity contribution is -0.140. The van der Waals surface area contributed by atoms with Crippen LogP contribution in [0.5, 0.6) is 11.5 Å². The molecule has 0 aliphatic rings. The third-order valence-electron chi connectivity index (χ3n) is 11.7. The molecule has 0 fully saturated rings. The molecule has 11 nitrogen and oxygen atoms in total. The summed E-state index contributed by atoms with van der Waals surface area (Å²) in [6, 6.07) is 20.5. The minimum atomic E-state index is -5.77. The monoisotopic (exact) mass is 958 g/mol. The molecular formula is C46H56F6N2O9S2. The summed E-state index contributed by atoms with van der Waals surface area (Å²) in [7, 11) is -10.2. The molecular weight excluding hydrogens is 903 g/mol. The van der Waals surface area contributed by atoms with E-state index in [-0.39, 0.29) is 47.2 Å². The largest absolute Gasteiger partial charge is 0.534 e. The number of nitrogen functional groups attached to an aromatic ring is 1. The van der Waals surface area contributed by atoms with Gasteiger partial charge in [-0.1, -0.05) is 76.2 Å². The fourth-order valence-corrected chi connectivity index (χ4v) is 8.70. The molecule has 0 radical (unpaired) electrons. The van der Waals surface area contributed by atoms with Gasteiger partial charge < -0.3 is 24.2 Å². The molecule has 4 rings (SSSR count).